The van der Waals surface area contributed by atoms with Crippen LogP contribution in [0.25, 0.3) is 0 Å². The molecular weight excluding hydrogens is 252 g/mol. The van der Waals surface area contributed by atoms with Crippen LogP contribution in [-0.4, -0.2) is 37.3 Å². The van der Waals surface area contributed by atoms with Gasteiger partial charge in [0.1, 0.15) is 0 Å². The summed E-state index contributed by atoms with van der Waals surface area (Å²) in [5.74, 6) is 0. The van der Waals surface area contributed by atoms with Crippen LogP contribution in [0.15, 0.2) is 29.2 Å². The Morgan fingerprint density at radius 3 is 2.68 bits per heavy atom. The monoisotopic (exact) mass is 278 g/mol. The van der Waals surface area contributed by atoms with Gasteiger partial charge in [0.2, 0.25) is 0 Å². The van der Waals surface area contributed by atoms with Crippen LogP contribution in [0.2, 0.25) is 0 Å². The summed E-state index contributed by atoms with van der Waals surface area (Å²) in [5, 5.41) is 3.69. The fraction of sp³-hybridized carbons (Fsp3) is 0.625. The third kappa shape index (κ3) is 4.23. The molecule has 1 aromatic rings. The van der Waals surface area contributed by atoms with Crippen LogP contribution in [0.1, 0.15) is 37.8 Å². The quantitative estimate of drug-likeness (QED) is 0.829. The van der Waals surface area contributed by atoms with Crippen molar-refractivity contribution in [3.05, 3.63) is 29.8 Å². The van der Waals surface area contributed by atoms with E-state index in [2.05, 4.69) is 54.7 Å². The first-order chi connectivity index (χ1) is 9.20. The second-order valence-electron chi connectivity index (χ2n) is 5.53. The van der Waals surface area contributed by atoms with E-state index in [0.717, 1.165) is 6.54 Å². The highest BCUT2D eigenvalue weighted by Gasteiger charge is 2.19. The van der Waals surface area contributed by atoms with Crippen LogP contribution in [0.4, 0.5) is 0 Å². The number of piperidine rings is 1. The van der Waals surface area contributed by atoms with Gasteiger partial charge in [0, 0.05) is 23.5 Å². The predicted octanol–water partition coefficient (Wildman–Crippen LogP) is 3.54. The Morgan fingerprint density at radius 1 is 1.32 bits per heavy atom. The smallest absolute Gasteiger partial charge is 0.0292 e. The highest BCUT2D eigenvalue weighted by molar-refractivity contribution is 7.98. The highest BCUT2D eigenvalue weighted by Crippen LogP contribution is 2.20. The molecule has 0 saturated carbocycles. The van der Waals surface area contributed by atoms with Crippen LogP contribution < -0.4 is 5.32 Å². The average molecular weight is 278 g/mol. The van der Waals surface area contributed by atoms with Crippen molar-refractivity contribution < 1.29 is 0 Å². The number of benzene rings is 1. The van der Waals surface area contributed by atoms with Crippen molar-refractivity contribution in [3.8, 4) is 0 Å². The largest absolute Gasteiger partial charge is 0.309 e. The fourth-order valence-electron chi connectivity index (χ4n) is 2.73. The number of nitrogens with zero attached hydrogens (tertiary/aromatic N) is 1. The summed E-state index contributed by atoms with van der Waals surface area (Å²) in [5.41, 5.74) is 1.39. The maximum atomic E-state index is 3.69. The van der Waals surface area contributed by atoms with Gasteiger partial charge in [0.05, 0.1) is 0 Å². The van der Waals surface area contributed by atoms with Crippen LogP contribution in [0, 0.1) is 0 Å². The topological polar surface area (TPSA) is 15.3 Å². The van der Waals surface area contributed by atoms with E-state index in [0.29, 0.717) is 12.1 Å². The predicted molar refractivity (Wildman–Crippen MR) is 84.9 cm³/mol. The van der Waals surface area contributed by atoms with Crippen molar-refractivity contribution in [1.29, 1.82) is 0 Å². The molecule has 1 heterocycles. The van der Waals surface area contributed by atoms with Gasteiger partial charge in [-0.3, -0.25) is 0 Å². The lowest BCUT2D eigenvalue weighted by Crippen LogP contribution is -2.43. The summed E-state index contributed by atoms with van der Waals surface area (Å²) >= 11 is 1.80. The SMILES string of the molecule is CSc1ccc(C(C)NCC2CCCCN2C)cc1. The van der Waals surface area contributed by atoms with Crippen molar-refractivity contribution in [2.45, 2.75) is 43.2 Å². The van der Waals surface area contributed by atoms with Crippen molar-refractivity contribution >= 4 is 11.8 Å². The second kappa shape index (κ2) is 7.32. The van der Waals surface area contributed by atoms with Gasteiger partial charge < -0.3 is 10.2 Å². The zero-order chi connectivity index (χ0) is 13.7. The third-order valence-electron chi connectivity index (χ3n) is 4.20. The zero-order valence-corrected chi connectivity index (χ0v) is 13.2. The van der Waals surface area contributed by atoms with Crippen molar-refractivity contribution in [2.24, 2.45) is 0 Å². The van der Waals surface area contributed by atoms with E-state index >= 15 is 0 Å². The molecule has 1 aromatic carbocycles. The minimum atomic E-state index is 0.436. The normalized spacial score (nSPS) is 22.4. The summed E-state index contributed by atoms with van der Waals surface area (Å²) in [6.45, 7) is 4.61. The van der Waals surface area contributed by atoms with Gasteiger partial charge >= 0.3 is 0 Å². The van der Waals surface area contributed by atoms with Crippen molar-refractivity contribution in [3.63, 3.8) is 0 Å². The van der Waals surface area contributed by atoms with Gasteiger partial charge in [-0.2, -0.15) is 0 Å². The number of thioether (sulfide) groups is 1. The molecule has 3 heteroatoms. The fourth-order valence-corrected chi connectivity index (χ4v) is 3.13. The lowest BCUT2D eigenvalue weighted by Gasteiger charge is -2.33. The van der Waals surface area contributed by atoms with Crippen molar-refractivity contribution in [2.75, 3.05) is 26.4 Å². The molecule has 0 spiro atoms. The molecule has 19 heavy (non-hydrogen) atoms. The number of hydrogen-bond acceptors (Lipinski definition) is 3. The standard InChI is InChI=1S/C16H26N2S/c1-13(14-7-9-16(19-3)10-8-14)17-12-15-6-4-5-11-18(15)2/h7-10,13,15,17H,4-6,11-12H2,1-3H3. The van der Waals surface area contributed by atoms with Crippen molar-refractivity contribution in [1.82, 2.24) is 10.2 Å². The molecule has 1 aliphatic rings. The summed E-state index contributed by atoms with van der Waals surface area (Å²) in [6.07, 6.45) is 6.20. The first-order valence-electron chi connectivity index (χ1n) is 7.28. The lowest BCUT2D eigenvalue weighted by molar-refractivity contribution is 0.178. The zero-order valence-electron chi connectivity index (χ0n) is 12.4. The third-order valence-corrected chi connectivity index (χ3v) is 4.94. The molecule has 2 nitrogen and oxygen atoms in total. The Balaban J connectivity index is 1.84. The highest BCUT2D eigenvalue weighted by atomic mass is 32.2. The maximum absolute atomic E-state index is 3.69. The number of nitrogens with one attached hydrogen (secondary N) is 1. The molecule has 1 saturated heterocycles. The Bertz CT molecular complexity index is 377. The van der Waals surface area contributed by atoms with Gasteiger partial charge in [-0.25, -0.2) is 0 Å². The Kier molecular flexibility index (Phi) is 5.74. The molecular formula is C16H26N2S. The molecule has 2 rings (SSSR count). The Morgan fingerprint density at radius 2 is 2.05 bits per heavy atom. The molecule has 0 amide bonds. The number of hydrogen-bond donors (Lipinski definition) is 1. The van der Waals surface area contributed by atoms with Gasteiger partial charge in [-0.05, 0) is 57.3 Å². The molecule has 1 fully saturated rings. The van der Waals surface area contributed by atoms with E-state index < -0.39 is 0 Å². The molecule has 1 aliphatic heterocycles. The Labute approximate surface area is 122 Å². The molecule has 0 aliphatic carbocycles. The van der Waals surface area contributed by atoms with E-state index in [9.17, 15) is 0 Å². The molecule has 1 N–H and O–H groups in total. The number of likely N-dealkylation sites (tertiary alicyclic amines) is 1. The number of likely N-dealkylation sites (N-methyl/N-ethyl adjacent to an activating group) is 1. The summed E-state index contributed by atoms with van der Waals surface area (Å²) < 4.78 is 0. The minimum absolute atomic E-state index is 0.436. The summed E-state index contributed by atoms with van der Waals surface area (Å²) in [7, 11) is 2.25. The Hall–Kier alpha value is -0.510. The van der Waals surface area contributed by atoms with Gasteiger partial charge in [0.25, 0.3) is 0 Å². The maximum Gasteiger partial charge on any atom is 0.0292 e. The lowest BCUT2D eigenvalue weighted by atomic mass is 10.0. The second-order valence-corrected chi connectivity index (χ2v) is 6.41. The van der Waals surface area contributed by atoms with Crippen LogP contribution in [-0.2, 0) is 0 Å². The first kappa shape index (κ1) is 14.9. The molecule has 106 valence electrons. The summed E-state index contributed by atoms with van der Waals surface area (Å²) in [6, 6.07) is 10.1. The molecule has 2 atom stereocenters. The first-order valence-corrected chi connectivity index (χ1v) is 8.50. The summed E-state index contributed by atoms with van der Waals surface area (Å²) in [4.78, 5) is 3.84. The minimum Gasteiger partial charge on any atom is -0.309 e. The van der Waals surface area contributed by atoms with Gasteiger partial charge in [0.15, 0.2) is 0 Å². The average Bonchev–Trinajstić information content (AvgIpc) is 2.46. The number of rotatable bonds is 5. The van der Waals surface area contributed by atoms with E-state index in [-0.39, 0.29) is 0 Å². The van der Waals surface area contributed by atoms with E-state index in [1.807, 2.05) is 0 Å². The molecule has 2 unspecified atom stereocenters. The molecule has 0 bridgehead atoms. The van der Waals surface area contributed by atoms with Crippen LogP contribution in [0.5, 0.6) is 0 Å². The van der Waals surface area contributed by atoms with E-state index in [4.69, 9.17) is 0 Å². The van der Waals surface area contributed by atoms with Gasteiger partial charge in [-0.1, -0.05) is 18.6 Å². The van der Waals surface area contributed by atoms with Crippen LogP contribution in [0.3, 0.4) is 0 Å². The van der Waals surface area contributed by atoms with Crippen LogP contribution >= 0.6 is 11.8 Å². The van der Waals surface area contributed by atoms with Gasteiger partial charge in [-0.15, -0.1) is 11.8 Å². The molecule has 0 aromatic heterocycles. The molecule has 0 radical (unpaired) electrons. The van der Waals surface area contributed by atoms with E-state index in [1.54, 1.807) is 11.8 Å². The van der Waals surface area contributed by atoms with E-state index in [1.165, 1.54) is 36.3 Å².